The second kappa shape index (κ2) is 23.1. The molecule has 1 rings (SSSR count). The highest BCUT2D eigenvalue weighted by molar-refractivity contribution is 4.60. The highest BCUT2D eigenvalue weighted by Crippen LogP contribution is 1.99. The minimum Gasteiger partial charge on any atom is -0.381 e. The monoisotopic (exact) mass is 490 g/mol. The zero-order valence-corrected chi connectivity index (χ0v) is 22.6. The normalized spacial score (nSPS) is 19.9. The second-order valence-corrected chi connectivity index (χ2v) is 9.78. The van der Waals surface area contributed by atoms with Gasteiger partial charge in [0.1, 0.15) is 0 Å². The molecule has 1 aliphatic heterocycles. The van der Waals surface area contributed by atoms with Crippen LogP contribution in [0.3, 0.4) is 0 Å². The minimum absolute atomic E-state index is 0.583. The van der Waals surface area contributed by atoms with E-state index in [0.29, 0.717) is 64.7 Å². The van der Waals surface area contributed by atoms with E-state index in [0.717, 1.165) is 78.5 Å². The van der Waals surface area contributed by atoms with E-state index in [9.17, 15) is 0 Å². The molecule has 0 N–H and O–H groups in total. The lowest BCUT2D eigenvalue weighted by atomic mass is 10.2. The Balaban J connectivity index is 2.28. The lowest BCUT2D eigenvalue weighted by molar-refractivity contribution is 0.00559. The Labute approximate surface area is 209 Å². The number of hydrogen-bond donors (Lipinski definition) is 0. The van der Waals surface area contributed by atoms with Gasteiger partial charge in [-0.2, -0.15) is 0 Å². The van der Waals surface area contributed by atoms with Crippen LogP contribution in [0.25, 0.3) is 0 Å². The molecule has 0 aliphatic carbocycles. The highest BCUT2D eigenvalue weighted by Gasteiger charge is 2.08. The van der Waals surface area contributed by atoms with Gasteiger partial charge in [0.25, 0.3) is 0 Å². The van der Waals surface area contributed by atoms with Gasteiger partial charge in [-0.1, -0.05) is 27.7 Å². The van der Waals surface area contributed by atoms with Crippen molar-refractivity contribution in [3.05, 3.63) is 0 Å². The van der Waals surface area contributed by atoms with Crippen molar-refractivity contribution >= 4 is 0 Å². The summed E-state index contributed by atoms with van der Waals surface area (Å²) >= 11 is 0. The van der Waals surface area contributed by atoms with Gasteiger partial charge in [-0.25, -0.2) is 0 Å². The lowest BCUT2D eigenvalue weighted by Crippen LogP contribution is -2.34. The predicted molar refractivity (Wildman–Crippen MR) is 137 cm³/mol. The summed E-state index contributed by atoms with van der Waals surface area (Å²) in [6, 6.07) is 0. The summed E-state index contributed by atoms with van der Waals surface area (Å²) < 4.78 is 34.7. The smallest absolute Gasteiger partial charge is 0.0701 e. The van der Waals surface area contributed by atoms with Crippen LogP contribution in [0.15, 0.2) is 0 Å². The van der Waals surface area contributed by atoms with E-state index in [2.05, 4.69) is 37.5 Å². The van der Waals surface area contributed by atoms with E-state index in [4.69, 9.17) is 28.4 Å². The lowest BCUT2D eigenvalue weighted by Gasteiger charge is -2.23. The van der Waals surface area contributed by atoms with Crippen LogP contribution in [-0.2, 0) is 28.4 Å². The maximum Gasteiger partial charge on any atom is 0.0701 e. The maximum absolute atomic E-state index is 5.82. The van der Waals surface area contributed by atoms with Gasteiger partial charge in [0.2, 0.25) is 0 Å². The molecule has 0 saturated carbocycles. The fraction of sp³-hybridized carbons (Fsp3) is 1.00. The average molecular weight is 491 g/mol. The first-order valence-electron chi connectivity index (χ1n) is 13.5. The molecule has 0 aromatic carbocycles. The van der Waals surface area contributed by atoms with Gasteiger partial charge in [0.05, 0.1) is 52.9 Å². The van der Waals surface area contributed by atoms with Crippen molar-refractivity contribution < 1.29 is 28.4 Å². The minimum atomic E-state index is 0.583. The summed E-state index contributed by atoms with van der Waals surface area (Å²) in [5.41, 5.74) is 0. The standard InChI is InChI=1S/C26H54N2O6/c1-25(2)23-33-13-5-7-27-9-15-29-19-21-31-17-11-28(8-6-14-34-24-26(3)4)12-18-32-22-20-30-16-10-27/h25-26H,5-24H2,1-4H3. The molecule has 0 bridgehead atoms. The Bertz CT molecular complexity index is 370. The molecule has 34 heavy (non-hydrogen) atoms. The molecule has 0 amide bonds. The molecule has 0 aromatic rings. The van der Waals surface area contributed by atoms with Crippen LogP contribution in [0, 0.1) is 11.8 Å². The largest absolute Gasteiger partial charge is 0.381 e. The first-order valence-corrected chi connectivity index (χ1v) is 13.5. The number of rotatable bonds is 12. The van der Waals surface area contributed by atoms with Crippen molar-refractivity contribution in [1.29, 1.82) is 0 Å². The SMILES string of the molecule is CC(C)COCCCN1CCOCCOCCN(CCCOCC(C)C)CCOCCOCC1. The van der Waals surface area contributed by atoms with Crippen LogP contribution in [0.2, 0.25) is 0 Å². The second-order valence-electron chi connectivity index (χ2n) is 9.78. The van der Waals surface area contributed by atoms with Crippen LogP contribution in [-0.4, -0.2) is 128 Å². The Hall–Kier alpha value is -0.320. The van der Waals surface area contributed by atoms with Crippen LogP contribution in [0.4, 0.5) is 0 Å². The Morgan fingerprint density at radius 3 is 1.15 bits per heavy atom. The first kappa shape index (κ1) is 31.7. The molecule has 0 atom stereocenters. The summed E-state index contributed by atoms with van der Waals surface area (Å²) in [7, 11) is 0. The van der Waals surface area contributed by atoms with E-state index in [1.807, 2.05) is 0 Å². The van der Waals surface area contributed by atoms with Crippen molar-refractivity contribution in [1.82, 2.24) is 9.80 Å². The topological polar surface area (TPSA) is 61.9 Å². The van der Waals surface area contributed by atoms with Gasteiger partial charge in [-0.05, 0) is 24.7 Å². The summed E-state index contributed by atoms with van der Waals surface area (Å²) in [4.78, 5) is 4.79. The Morgan fingerprint density at radius 1 is 0.529 bits per heavy atom. The third-order valence-corrected chi connectivity index (χ3v) is 5.38. The zero-order valence-electron chi connectivity index (χ0n) is 22.6. The molecule has 0 spiro atoms. The van der Waals surface area contributed by atoms with Crippen LogP contribution < -0.4 is 0 Å². The van der Waals surface area contributed by atoms with Crippen LogP contribution >= 0.6 is 0 Å². The molecule has 1 saturated heterocycles. The third kappa shape index (κ3) is 21.0. The number of hydrogen-bond acceptors (Lipinski definition) is 8. The summed E-state index contributed by atoms with van der Waals surface area (Å²) in [6.45, 7) is 23.0. The van der Waals surface area contributed by atoms with Crippen LogP contribution in [0.5, 0.6) is 0 Å². The molecule has 0 radical (unpaired) electrons. The van der Waals surface area contributed by atoms with Gasteiger partial charge in [0.15, 0.2) is 0 Å². The van der Waals surface area contributed by atoms with E-state index >= 15 is 0 Å². The molecule has 1 heterocycles. The number of ether oxygens (including phenoxy) is 6. The van der Waals surface area contributed by atoms with Crippen molar-refractivity contribution in [2.24, 2.45) is 11.8 Å². The highest BCUT2D eigenvalue weighted by atomic mass is 16.5. The molecule has 1 fully saturated rings. The van der Waals surface area contributed by atoms with Crippen molar-refractivity contribution in [2.45, 2.75) is 40.5 Å². The van der Waals surface area contributed by atoms with E-state index in [1.54, 1.807) is 0 Å². The summed E-state index contributed by atoms with van der Waals surface area (Å²) in [5.74, 6) is 1.17. The molecule has 0 unspecified atom stereocenters. The van der Waals surface area contributed by atoms with E-state index < -0.39 is 0 Å². The Kier molecular flexibility index (Phi) is 21.5. The third-order valence-electron chi connectivity index (χ3n) is 5.38. The van der Waals surface area contributed by atoms with Gasteiger partial charge in [0, 0.05) is 65.7 Å². The zero-order chi connectivity index (χ0) is 24.7. The molecular formula is C26H54N2O6. The average Bonchev–Trinajstić information content (AvgIpc) is 2.79. The maximum atomic E-state index is 5.82. The van der Waals surface area contributed by atoms with E-state index in [-0.39, 0.29) is 0 Å². The fourth-order valence-electron chi connectivity index (χ4n) is 3.51. The van der Waals surface area contributed by atoms with Crippen molar-refractivity contribution in [2.75, 3.05) is 119 Å². The van der Waals surface area contributed by atoms with Gasteiger partial charge < -0.3 is 28.4 Å². The van der Waals surface area contributed by atoms with Crippen LogP contribution in [0.1, 0.15) is 40.5 Å². The van der Waals surface area contributed by atoms with Crippen molar-refractivity contribution in [3.63, 3.8) is 0 Å². The van der Waals surface area contributed by atoms with Gasteiger partial charge in [-0.15, -0.1) is 0 Å². The first-order chi connectivity index (χ1) is 16.6. The Morgan fingerprint density at radius 2 is 0.853 bits per heavy atom. The molecule has 1 aliphatic rings. The van der Waals surface area contributed by atoms with Gasteiger partial charge in [-0.3, -0.25) is 9.80 Å². The van der Waals surface area contributed by atoms with E-state index in [1.165, 1.54) is 0 Å². The predicted octanol–water partition coefficient (Wildman–Crippen LogP) is 2.80. The summed E-state index contributed by atoms with van der Waals surface area (Å²) in [5, 5.41) is 0. The molecule has 8 heteroatoms. The molecule has 0 aromatic heterocycles. The van der Waals surface area contributed by atoms with Crippen molar-refractivity contribution in [3.8, 4) is 0 Å². The fourth-order valence-corrected chi connectivity index (χ4v) is 3.51. The summed E-state index contributed by atoms with van der Waals surface area (Å²) in [6.07, 6.45) is 2.05. The molecule has 8 nitrogen and oxygen atoms in total. The quantitative estimate of drug-likeness (QED) is 0.387. The number of nitrogens with zero attached hydrogens (tertiary/aromatic N) is 2. The van der Waals surface area contributed by atoms with Gasteiger partial charge >= 0.3 is 0 Å². The molecular weight excluding hydrogens is 436 g/mol. The molecule has 204 valence electrons.